The van der Waals surface area contributed by atoms with Gasteiger partial charge in [0.05, 0.1) is 10.6 Å². The molecule has 29 heavy (non-hydrogen) atoms. The van der Waals surface area contributed by atoms with Crippen molar-refractivity contribution in [3.05, 3.63) is 53.3 Å². The van der Waals surface area contributed by atoms with Gasteiger partial charge in [0.15, 0.2) is 11.4 Å². The Kier molecular flexibility index (Phi) is 5.34. The Morgan fingerprint density at radius 3 is 2.59 bits per heavy atom. The Balaban J connectivity index is 1.50. The largest absolute Gasteiger partial charge is 0.431 e. The predicted octanol–water partition coefficient (Wildman–Crippen LogP) is 4.07. The number of rotatable bonds is 6. The van der Waals surface area contributed by atoms with E-state index in [2.05, 4.69) is 15.1 Å². The molecule has 0 unspecified atom stereocenters. The van der Waals surface area contributed by atoms with Gasteiger partial charge in [0.2, 0.25) is 10.0 Å². The van der Waals surface area contributed by atoms with Gasteiger partial charge in [-0.2, -0.15) is 4.98 Å². The molecule has 150 valence electrons. The highest BCUT2D eigenvalue weighted by molar-refractivity contribution is 7.98. The van der Waals surface area contributed by atoms with Gasteiger partial charge in [-0.15, -0.1) is 0 Å². The van der Waals surface area contributed by atoms with Gasteiger partial charge in [0.25, 0.3) is 11.1 Å². The molecule has 0 aliphatic carbocycles. The monoisotopic (exact) mass is 450 g/mol. The third-order valence-electron chi connectivity index (χ3n) is 4.00. The molecule has 2 aromatic heterocycles. The van der Waals surface area contributed by atoms with Crippen molar-refractivity contribution in [2.75, 3.05) is 14.1 Å². The van der Waals surface area contributed by atoms with Crippen LogP contribution < -0.4 is 0 Å². The highest BCUT2D eigenvalue weighted by Crippen LogP contribution is 2.28. The summed E-state index contributed by atoms with van der Waals surface area (Å²) in [6, 6.07) is 11.7. The molecule has 2 aromatic carbocycles. The van der Waals surface area contributed by atoms with E-state index in [0.29, 0.717) is 38.8 Å². The Morgan fingerprint density at radius 1 is 1.10 bits per heavy atom. The molecular formula is C18H15ClN4O4S2. The molecule has 0 N–H and O–H groups in total. The number of thioether (sulfide) groups is 1. The van der Waals surface area contributed by atoms with Gasteiger partial charge in [0, 0.05) is 24.7 Å². The van der Waals surface area contributed by atoms with E-state index in [-0.39, 0.29) is 4.90 Å². The van der Waals surface area contributed by atoms with Crippen molar-refractivity contribution < 1.29 is 17.4 Å². The normalized spacial score (nSPS) is 12.1. The fourth-order valence-electron chi connectivity index (χ4n) is 2.47. The van der Waals surface area contributed by atoms with Crippen molar-refractivity contribution >= 4 is 44.5 Å². The number of aromatic nitrogens is 3. The summed E-state index contributed by atoms with van der Waals surface area (Å²) in [6.45, 7) is 0. The lowest BCUT2D eigenvalue weighted by Crippen LogP contribution is -2.22. The molecule has 8 nitrogen and oxygen atoms in total. The van der Waals surface area contributed by atoms with E-state index in [1.165, 1.54) is 38.0 Å². The van der Waals surface area contributed by atoms with Crippen molar-refractivity contribution in [3.8, 4) is 11.5 Å². The van der Waals surface area contributed by atoms with Crippen LogP contribution in [0.15, 0.2) is 61.5 Å². The standard InChI is InChI=1S/C18H15ClN4O4S2/c1-23(2)29(24,25)13-7-8-15-14(9-13)20-18(26-15)28-10-16-21-17(27-22-16)11-3-5-12(19)6-4-11/h3-9H,10H2,1-2H3. The Labute approximate surface area is 175 Å². The number of benzene rings is 2. The zero-order valence-corrected chi connectivity index (χ0v) is 17.8. The summed E-state index contributed by atoms with van der Waals surface area (Å²) in [5.41, 5.74) is 1.74. The van der Waals surface area contributed by atoms with Crippen molar-refractivity contribution in [1.29, 1.82) is 0 Å². The van der Waals surface area contributed by atoms with Gasteiger partial charge in [-0.05, 0) is 42.5 Å². The van der Waals surface area contributed by atoms with Crippen LogP contribution in [0, 0.1) is 0 Å². The number of hydrogen-bond donors (Lipinski definition) is 0. The smallest absolute Gasteiger partial charge is 0.257 e. The van der Waals surface area contributed by atoms with Crippen LogP contribution in [0.4, 0.5) is 0 Å². The average molecular weight is 451 g/mol. The molecule has 11 heteroatoms. The lowest BCUT2D eigenvalue weighted by molar-refractivity contribution is 0.425. The van der Waals surface area contributed by atoms with Gasteiger partial charge < -0.3 is 8.94 Å². The molecule has 0 saturated carbocycles. The van der Waals surface area contributed by atoms with Gasteiger partial charge in [-0.1, -0.05) is 28.5 Å². The lowest BCUT2D eigenvalue weighted by Gasteiger charge is -2.10. The minimum Gasteiger partial charge on any atom is -0.431 e. The lowest BCUT2D eigenvalue weighted by atomic mass is 10.2. The molecule has 4 aromatic rings. The van der Waals surface area contributed by atoms with Crippen LogP contribution in [0.2, 0.25) is 5.02 Å². The maximum atomic E-state index is 12.3. The van der Waals surface area contributed by atoms with Crippen molar-refractivity contribution in [3.63, 3.8) is 0 Å². The highest BCUT2D eigenvalue weighted by atomic mass is 35.5. The summed E-state index contributed by atoms with van der Waals surface area (Å²) in [4.78, 5) is 8.86. The van der Waals surface area contributed by atoms with E-state index in [1.807, 2.05) is 0 Å². The van der Waals surface area contributed by atoms with Crippen molar-refractivity contribution in [1.82, 2.24) is 19.4 Å². The van der Waals surface area contributed by atoms with Gasteiger partial charge in [-0.3, -0.25) is 0 Å². The Bertz CT molecular complexity index is 1270. The zero-order valence-electron chi connectivity index (χ0n) is 15.4. The minimum absolute atomic E-state index is 0.158. The summed E-state index contributed by atoms with van der Waals surface area (Å²) in [6.07, 6.45) is 0. The first kappa shape index (κ1) is 19.9. The van der Waals surface area contributed by atoms with E-state index in [9.17, 15) is 8.42 Å². The van der Waals surface area contributed by atoms with Gasteiger partial charge in [0.1, 0.15) is 5.52 Å². The molecule has 4 rings (SSSR count). The van der Waals surface area contributed by atoms with Crippen LogP contribution in [0.5, 0.6) is 0 Å². The average Bonchev–Trinajstić information content (AvgIpc) is 3.32. The first-order valence-electron chi connectivity index (χ1n) is 8.37. The second-order valence-electron chi connectivity index (χ2n) is 6.21. The van der Waals surface area contributed by atoms with Crippen LogP contribution in [0.25, 0.3) is 22.6 Å². The van der Waals surface area contributed by atoms with Gasteiger partial charge in [-0.25, -0.2) is 17.7 Å². The molecule has 2 heterocycles. The number of fused-ring (bicyclic) bond motifs is 1. The summed E-state index contributed by atoms with van der Waals surface area (Å²) < 4.78 is 36.6. The third kappa shape index (κ3) is 4.15. The number of oxazole rings is 1. The maximum absolute atomic E-state index is 12.3. The molecule has 0 fully saturated rings. The minimum atomic E-state index is -3.54. The second kappa shape index (κ2) is 7.79. The van der Waals surface area contributed by atoms with E-state index in [1.54, 1.807) is 30.3 Å². The van der Waals surface area contributed by atoms with Crippen LogP contribution in [-0.4, -0.2) is 41.9 Å². The van der Waals surface area contributed by atoms with Gasteiger partial charge >= 0.3 is 0 Å². The molecule has 0 saturated heterocycles. The summed E-state index contributed by atoms with van der Waals surface area (Å²) in [5.74, 6) is 1.26. The SMILES string of the molecule is CN(C)S(=O)(=O)c1ccc2oc(SCc3noc(-c4ccc(Cl)cc4)n3)nc2c1. The number of hydrogen-bond acceptors (Lipinski definition) is 8. The number of sulfonamides is 1. The Hall–Kier alpha value is -2.40. The van der Waals surface area contributed by atoms with Crippen molar-refractivity contribution in [2.24, 2.45) is 0 Å². The van der Waals surface area contributed by atoms with E-state index < -0.39 is 10.0 Å². The Morgan fingerprint density at radius 2 is 1.86 bits per heavy atom. The van der Waals surface area contributed by atoms with E-state index in [0.717, 1.165) is 9.87 Å². The zero-order chi connectivity index (χ0) is 20.6. The van der Waals surface area contributed by atoms with Crippen LogP contribution in [0.1, 0.15) is 5.82 Å². The maximum Gasteiger partial charge on any atom is 0.257 e. The number of halogens is 1. The molecule has 0 bridgehead atoms. The number of nitrogens with zero attached hydrogens (tertiary/aromatic N) is 4. The van der Waals surface area contributed by atoms with E-state index in [4.69, 9.17) is 20.5 Å². The summed E-state index contributed by atoms with van der Waals surface area (Å²) >= 11 is 7.17. The first-order chi connectivity index (χ1) is 13.8. The van der Waals surface area contributed by atoms with Crippen LogP contribution in [-0.2, 0) is 15.8 Å². The third-order valence-corrected chi connectivity index (χ3v) is 6.89. The molecule has 0 atom stereocenters. The topological polar surface area (TPSA) is 102 Å². The summed E-state index contributed by atoms with van der Waals surface area (Å²) in [5, 5.41) is 4.97. The second-order valence-corrected chi connectivity index (χ2v) is 9.72. The van der Waals surface area contributed by atoms with E-state index >= 15 is 0 Å². The van der Waals surface area contributed by atoms with Crippen molar-refractivity contribution in [2.45, 2.75) is 15.9 Å². The molecule has 0 spiro atoms. The van der Waals surface area contributed by atoms with Crippen LogP contribution >= 0.6 is 23.4 Å². The molecule has 0 amide bonds. The molecular weight excluding hydrogens is 436 g/mol. The van der Waals surface area contributed by atoms with Crippen LogP contribution in [0.3, 0.4) is 0 Å². The molecule has 0 radical (unpaired) electrons. The molecule has 0 aliphatic heterocycles. The summed E-state index contributed by atoms with van der Waals surface area (Å²) in [7, 11) is -0.579. The first-order valence-corrected chi connectivity index (χ1v) is 11.2. The quantitative estimate of drug-likeness (QED) is 0.405. The fourth-order valence-corrected chi connectivity index (χ4v) is 4.20. The fraction of sp³-hybridized carbons (Fsp3) is 0.167. The predicted molar refractivity (Wildman–Crippen MR) is 109 cm³/mol. The highest BCUT2D eigenvalue weighted by Gasteiger charge is 2.19. The molecule has 0 aliphatic rings.